The maximum Gasteiger partial charge on any atom is 0.106 e. The van der Waals surface area contributed by atoms with Gasteiger partial charge in [-0.3, -0.25) is 0 Å². The van der Waals surface area contributed by atoms with Gasteiger partial charge in [-0.25, -0.2) is 4.98 Å². The molecule has 3 heteroatoms. The number of halogens is 1. The van der Waals surface area contributed by atoms with Gasteiger partial charge < -0.3 is 5.32 Å². The Hall–Kier alpha value is -0.410. The second-order valence-corrected chi connectivity index (χ2v) is 3.08. The predicted molar refractivity (Wildman–Crippen MR) is 49.3 cm³/mol. The van der Waals surface area contributed by atoms with Gasteiger partial charge in [0, 0.05) is 12.7 Å². The molecule has 0 saturated heterocycles. The van der Waals surface area contributed by atoms with Gasteiger partial charge in [0.1, 0.15) is 4.60 Å². The number of hydrogen-bond acceptors (Lipinski definition) is 2. The van der Waals surface area contributed by atoms with Crippen LogP contribution >= 0.6 is 15.9 Å². The van der Waals surface area contributed by atoms with Gasteiger partial charge in [0.25, 0.3) is 0 Å². The fourth-order valence-electron chi connectivity index (χ4n) is 0.822. The van der Waals surface area contributed by atoms with E-state index in [1.165, 1.54) is 5.56 Å². The summed E-state index contributed by atoms with van der Waals surface area (Å²) in [6, 6.07) is 4.02. The molecule has 0 aliphatic heterocycles. The van der Waals surface area contributed by atoms with Crippen LogP contribution in [0.15, 0.2) is 22.9 Å². The highest BCUT2D eigenvalue weighted by Crippen LogP contribution is 2.07. The van der Waals surface area contributed by atoms with E-state index in [4.69, 9.17) is 0 Å². The lowest BCUT2D eigenvalue weighted by molar-refractivity contribution is 0.725. The van der Waals surface area contributed by atoms with Gasteiger partial charge in [-0.2, -0.15) is 0 Å². The Kier molecular flexibility index (Phi) is 3.52. The number of pyridine rings is 1. The molecule has 0 aromatic carbocycles. The number of aromatic nitrogens is 1. The molecule has 0 amide bonds. The molecule has 0 aliphatic rings. The first-order valence-electron chi connectivity index (χ1n) is 3.64. The van der Waals surface area contributed by atoms with Gasteiger partial charge in [-0.05, 0) is 40.2 Å². The van der Waals surface area contributed by atoms with Crippen molar-refractivity contribution in [2.24, 2.45) is 0 Å². The van der Waals surface area contributed by atoms with Crippen molar-refractivity contribution in [1.82, 2.24) is 10.3 Å². The Bertz CT molecular complexity index is 225. The molecule has 0 aliphatic carbocycles. The Morgan fingerprint density at radius 2 is 2.45 bits per heavy atom. The van der Waals surface area contributed by atoms with E-state index < -0.39 is 0 Å². The molecular weight excluding hydrogens is 204 g/mol. The first-order valence-corrected chi connectivity index (χ1v) is 4.43. The minimum atomic E-state index is 0.896. The van der Waals surface area contributed by atoms with Crippen molar-refractivity contribution < 1.29 is 0 Å². The van der Waals surface area contributed by atoms with Crippen LogP contribution in [0.25, 0.3) is 0 Å². The Labute approximate surface area is 75.2 Å². The molecule has 0 spiro atoms. The second kappa shape index (κ2) is 4.46. The molecule has 0 fully saturated rings. The van der Waals surface area contributed by atoms with Crippen molar-refractivity contribution in [2.45, 2.75) is 13.5 Å². The van der Waals surface area contributed by atoms with E-state index in [9.17, 15) is 0 Å². The summed E-state index contributed by atoms with van der Waals surface area (Å²) in [6.45, 7) is 4.01. The highest BCUT2D eigenvalue weighted by atomic mass is 79.9. The monoisotopic (exact) mass is 214 g/mol. The smallest absolute Gasteiger partial charge is 0.106 e. The molecule has 0 unspecified atom stereocenters. The first kappa shape index (κ1) is 8.68. The minimum absolute atomic E-state index is 0.896. The zero-order valence-corrected chi connectivity index (χ0v) is 8.06. The van der Waals surface area contributed by atoms with Crippen LogP contribution in [-0.2, 0) is 6.54 Å². The predicted octanol–water partition coefficient (Wildman–Crippen LogP) is 1.95. The van der Waals surface area contributed by atoms with Crippen molar-refractivity contribution in [3.05, 3.63) is 28.5 Å². The van der Waals surface area contributed by atoms with E-state index >= 15 is 0 Å². The maximum absolute atomic E-state index is 4.04. The summed E-state index contributed by atoms with van der Waals surface area (Å²) < 4.78 is 0.896. The van der Waals surface area contributed by atoms with Crippen LogP contribution in [0.5, 0.6) is 0 Å². The van der Waals surface area contributed by atoms with Gasteiger partial charge >= 0.3 is 0 Å². The van der Waals surface area contributed by atoms with Crippen LogP contribution in [0.2, 0.25) is 0 Å². The number of rotatable bonds is 3. The molecule has 0 saturated carbocycles. The lowest BCUT2D eigenvalue weighted by Crippen LogP contribution is -2.11. The van der Waals surface area contributed by atoms with Gasteiger partial charge in [0.2, 0.25) is 0 Å². The van der Waals surface area contributed by atoms with Crippen molar-refractivity contribution in [3.8, 4) is 0 Å². The molecule has 1 N–H and O–H groups in total. The topological polar surface area (TPSA) is 24.9 Å². The number of nitrogens with zero attached hydrogens (tertiary/aromatic N) is 1. The summed E-state index contributed by atoms with van der Waals surface area (Å²) in [7, 11) is 0. The molecule has 60 valence electrons. The maximum atomic E-state index is 4.04. The van der Waals surface area contributed by atoms with Crippen LogP contribution in [0, 0.1) is 0 Å². The summed E-state index contributed by atoms with van der Waals surface area (Å²) in [5.74, 6) is 0. The molecule has 0 radical (unpaired) electrons. The van der Waals surface area contributed by atoms with Gasteiger partial charge in [0.15, 0.2) is 0 Å². The van der Waals surface area contributed by atoms with Crippen LogP contribution in [0.4, 0.5) is 0 Å². The van der Waals surface area contributed by atoms with E-state index in [-0.39, 0.29) is 0 Å². The van der Waals surface area contributed by atoms with Crippen LogP contribution in [0.3, 0.4) is 0 Å². The van der Waals surface area contributed by atoms with Crippen molar-refractivity contribution >= 4 is 15.9 Å². The van der Waals surface area contributed by atoms with Gasteiger partial charge in [-0.15, -0.1) is 0 Å². The fraction of sp³-hybridized carbons (Fsp3) is 0.375. The van der Waals surface area contributed by atoms with Crippen molar-refractivity contribution in [1.29, 1.82) is 0 Å². The SMILES string of the molecule is CCNCc1ccnc(Br)c1. The average Bonchev–Trinajstić information content (AvgIpc) is 2.01. The zero-order valence-electron chi connectivity index (χ0n) is 6.47. The third-order valence-electron chi connectivity index (χ3n) is 1.37. The second-order valence-electron chi connectivity index (χ2n) is 2.27. The van der Waals surface area contributed by atoms with E-state index in [1.54, 1.807) is 6.20 Å². The Morgan fingerprint density at radius 3 is 3.09 bits per heavy atom. The van der Waals surface area contributed by atoms with Gasteiger partial charge in [0.05, 0.1) is 0 Å². The largest absolute Gasteiger partial charge is 0.313 e. The average molecular weight is 215 g/mol. The molecule has 1 rings (SSSR count). The standard InChI is InChI=1S/C8H11BrN2/c1-2-10-6-7-3-4-11-8(9)5-7/h3-5,10H,2,6H2,1H3. The third kappa shape index (κ3) is 2.99. The summed E-state index contributed by atoms with van der Waals surface area (Å²) in [4.78, 5) is 4.04. The summed E-state index contributed by atoms with van der Waals surface area (Å²) >= 11 is 3.32. The Morgan fingerprint density at radius 1 is 1.64 bits per heavy atom. The van der Waals surface area contributed by atoms with Crippen LogP contribution in [0.1, 0.15) is 12.5 Å². The lowest BCUT2D eigenvalue weighted by atomic mass is 10.3. The van der Waals surface area contributed by atoms with Crippen LogP contribution < -0.4 is 5.32 Å². The normalized spacial score (nSPS) is 10.0. The fourth-order valence-corrected chi connectivity index (χ4v) is 1.23. The van der Waals surface area contributed by atoms with Crippen LogP contribution in [-0.4, -0.2) is 11.5 Å². The van der Waals surface area contributed by atoms with E-state index in [1.807, 2.05) is 12.1 Å². The van der Waals surface area contributed by atoms with Crippen molar-refractivity contribution in [2.75, 3.05) is 6.54 Å². The molecule has 0 atom stereocenters. The van der Waals surface area contributed by atoms with Crippen molar-refractivity contribution in [3.63, 3.8) is 0 Å². The highest BCUT2D eigenvalue weighted by Gasteiger charge is 1.91. The zero-order chi connectivity index (χ0) is 8.10. The number of hydrogen-bond donors (Lipinski definition) is 1. The van der Waals surface area contributed by atoms with E-state index in [2.05, 4.69) is 33.2 Å². The molecule has 0 bridgehead atoms. The quantitative estimate of drug-likeness (QED) is 0.779. The van der Waals surface area contributed by atoms with Gasteiger partial charge in [-0.1, -0.05) is 6.92 Å². The first-order chi connectivity index (χ1) is 5.33. The highest BCUT2D eigenvalue weighted by molar-refractivity contribution is 9.10. The molecule has 1 aromatic rings. The minimum Gasteiger partial charge on any atom is -0.313 e. The molecule has 11 heavy (non-hydrogen) atoms. The van der Waals surface area contributed by atoms with E-state index in [0.717, 1.165) is 17.7 Å². The Balaban J connectivity index is 2.56. The summed E-state index contributed by atoms with van der Waals surface area (Å²) in [5.41, 5.74) is 1.26. The van der Waals surface area contributed by atoms with E-state index in [0.29, 0.717) is 0 Å². The molecule has 1 aromatic heterocycles. The molecule has 1 heterocycles. The molecular formula is C8H11BrN2. The summed E-state index contributed by atoms with van der Waals surface area (Å²) in [5, 5.41) is 3.24. The lowest BCUT2D eigenvalue weighted by Gasteiger charge is -2.00. The summed E-state index contributed by atoms with van der Waals surface area (Å²) in [6.07, 6.45) is 1.80. The molecule has 2 nitrogen and oxygen atoms in total. The number of nitrogens with one attached hydrogen (secondary N) is 1. The third-order valence-corrected chi connectivity index (χ3v) is 1.80.